The van der Waals surface area contributed by atoms with E-state index in [1.807, 2.05) is 19.1 Å². The number of likely N-dealkylation sites (tertiary alicyclic amines) is 1. The first-order valence-corrected chi connectivity index (χ1v) is 13.6. The fourth-order valence-electron chi connectivity index (χ4n) is 4.32. The number of anilines is 1. The Morgan fingerprint density at radius 2 is 1.58 bits per heavy atom. The van der Waals surface area contributed by atoms with Crippen LogP contribution in [0.15, 0.2) is 77.7 Å². The second-order valence-corrected chi connectivity index (χ2v) is 10.9. The van der Waals surface area contributed by atoms with E-state index in [9.17, 15) is 13.2 Å². The average molecular weight is 508 g/mol. The van der Waals surface area contributed by atoms with Crippen molar-refractivity contribution in [3.8, 4) is 5.75 Å². The lowest BCUT2D eigenvalue weighted by Gasteiger charge is -2.25. The van der Waals surface area contributed by atoms with Gasteiger partial charge in [0.05, 0.1) is 17.7 Å². The second kappa shape index (κ2) is 11.6. The van der Waals surface area contributed by atoms with Crippen LogP contribution >= 0.6 is 0 Å². The smallest absolute Gasteiger partial charge is 0.264 e. The zero-order valence-electron chi connectivity index (χ0n) is 20.8. The molecule has 190 valence electrons. The molecule has 3 aromatic rings. The van der Waals surface area contributed by atoms with Gasteiger partial charge in [0.2, 0.25) is 5.91 Å². The summed E-state index contributed by atoms with van der Waals surface area (Å²) >= 11 is 0. The van der Waals surface area contributed by atoms with E-state index in [0.717, 1.165) is 35.1 Å². The molecule has 0 saturated carbocycles. The van der Waals surface area contributed by atoms with Crippen LogP contribution in [0.4, 0.5) is 5.69 Å². The number of hydrogen-bond donors (Lipinski definition) is 1. The van der Waals surface area contributed by atoms with E-state index in [-0.39, 0.29) is 11.4 Å². The third-order valence-electron chi connectivity index (χ3n) is 6.37. The quantitative estimate of drug-likeness (QED) is 0.447. The molecule has 3 aromatic carbocycles. The minimum atomic E-state index is -4.01. The molecule has 1 aliphatic rings. The molecule has 0 aromatic heterocycles. The van der Waals surface area contributed by atoms with Crippen LogP contribution in [0.25, 0.3) is 0 Å². The van der Waals surface area contributed by atoms with Gasteiger partial charge < -0.3 is 10.1 Å². The summed E-state index contributed by atoms with van der Waals surface area (Å²) in [5.41, 5.74) is 3.46. The van der Waals surface area contributed by atoms with E-state index < -0.39 is 15.9 Å². The molecule has 8 heteroatoms. The van der Waals surface area contributed by atoms with Crippen molar-refractivity contribution in [3.05, 3.63) is 89.5 Å². The van der Waals surface area contributed by atoms with Crippen molar-refractivity contribution < 1.29 is 17.9 Å². The number of rotatable bonds is 10. The van der Waals surface area contributed by atoms with Gasteiger partial charge in [0.25, 0.3) is 10.0 Å². The SMILES string of the molecule is COc1ccccc1N(CC(=O)NCc1ccc(CN2CCCC2)cc1)S(=O)(=O)c1ccc(C)cc1. The Hall–Kier alpha value is -3.36. The van der Waals surface area contributed by atoms with Crippen molar-refractivity contribution in [2.24, 2.45) is 0 Å². The summed E-state index contributed by atoms with van der Waals surface area (Å²) in [6, 6.07) is 21.5. The molecule has 1 saturated heterocycles. The van der Waals surface area contributed by atoms with Crippen LogP contribution in [-0.2, 0) is 27.9 Å². The first-order valence-electron chi connectivity index (χ1n) is 12.2. The lowest BCUT2D eigenvalue weighted by Crippen LogP contribution is -2.40. The van der Waals surface area contributed by atoms with Crippen molar-refractivity contribution in [2.75, 3.05) is 31.0 Å². The molecular formula is C28H33N3O4S. The molecule has 1 aliphatic heterocycles. The number of sulfonamides is 1. The van der Waals surface area contributed by atoms with E-state index in [4.69, 9.17) is 4.74 Å². The molecule has 1 fully saturated rings. The van der Waals surface area contributed by atoms with Crippen LogP contribution < -0.4 is 14.4 Å². The van der Waals surface area contributed by atoms with Gasteiger partial charge in [0.1, 0.15) is 12.3 Å². The first-order chi connectivity index (χ1) is 17.4. The summed E-state index contributed by atoms with van der Waals surface area (Å²) in [4.78, 5) is 15.5. The van der Waals surface area contributed by atoms with Gasteiger partial charge in [-0.2, -0.15) is 0 Å². The molecule has 4 rings (SSSR count). The molecule has 1 amide bonds. The zero-order valence-corrected chi connectivity index (χ0v) is 21.6. The highest BCUT2D eigenvalue weighted by molar-refractivity contribution is 7.92. The predicted octanol–water partition coefficient (Wildman–Crippen LogP) is 4.11. The molecule has 0 aliphatic carbocycles. The number of amides is 1. The van der Waals surface area contributed by atoms with Gasteiger partial charge in [0, 0.05) is 13.1 Å². The Labute approximate surface area is 213 Å². The monoisotopic (exact) mass is 507 g/mol. The Morgan fingerprint density at radius 1 is 0.944 bits per heavy atom. The van der Waals surface area contributed by atoms with Crippen LogP contribution in [-0.4, -0.2) is 46.0 Å². The predicted molar refractivity (Wildman–Crippen MR) is 142 cm³/mol. The molecule has 0 radical (unpaired) electrons. The lowest BCUT2D eigenvalue weighted by atomic mass is 10.1. The highest BCUT2D eigenvalue weighted by atomic mass is 32.2. The number of methoxy groups -OCH3 is 1. The topological polar surface area (TPSA) is 79.0 Å². The maximum Gasteiger partial charge on any atom is 0.264 e. The Kier molecular flexibility index (Phi) is 8.28. The third kappa shape index (κ3) is 6.25. The van der Waals surface area contributed by atoms with Crippen molar-refractivity contribution in [1.82, 2.24) is 10.2 Å². The minimum absolute atomic E-state index is 0.111. The number of ether oxygens (including phenoxy) is 1. The molecule has 36 heavy (non-hydrogen) atoms. The fourth-order valence-corrected chi connectivity index (χ4v) is 5.75. The summed E-state index contributed by atoms with van der Waals surface area (Å²) in [5.74, 6) is -0.0349. The van der Waals surface area contributed by atoms with Crippen LogP contribution in [0.5, 0.6) is 5.75 Å². The van der Waals surface area contributed by atoms with E-state index in [1.165, 1.54) is 25.5 Å². The summed E-state index contributed by atoms with van der Waals surface area (Å²) in [6.07, 6.45) is 2.52. The molecule has 1 heterocycles. The molecular weight excluding hydrogens is 474 g/mol. The van der Waals surface area contributed by atoms with Crippen molar-refractivity contribution in [1.29, 1.82) is 0 Å². The van der Waals surface area contributed by atoms with Gasteiger partial charge in [0.15, 0.2) is 0 Å². The van der Waals surface area contributed by atoms with Crippen LogP contribution in [0.3, 0.4) is 0 Å². The first kappa shape index (κ1) is 25.7. The van der Waals surface area contributed by atoms with Crippen molar-refractivity contribution >= 4 is 21.6 Å². The van der Waals surface area contributed by atoms with E-state index in [1.54, 1.807) is 48.5 Å². The molecule has 0 spiro atoms. The number of nitrogens with zero attached hydrogens (tertiary/aromatic N) is 2. The number of carbonyl (C=O) groups is 1. The summed E-state index contributed by atoms with van der Waals surface area (Å²) in [7, 11) is -2.54. The fraction of sp³-hybridized carbons (Fsp3) is 0.321. The Bertz CT molecular complexity index is 1270. The highest BCUT2D eigenvalue weighted by Gasteiger charge is 2.29. The van der Waals surface area contributed by atoms with Gasteiger partial charge in [-0.25, -0.2) is 8.42 Å². The molecule has 7 nitrogen and oxygen atoms in total. The molecule has 0 atom stereocenters. The third-order valence-corrected chi connectivity index (χ3v) is 8.14. The van der Waals surface area contributed by atoms with E-state index in [2.05, 4.69) is 22.3 Å². The van der Waals surface area contributed by atoms with Gasteiger partial charge in [-0.3, -0.25) is 14.0 Å². The van der Waals surface area contributed by atoms with Gasteiger partial charge in [-0.05, 0) is 68.2 Å². The van der Waals surface area contributed by atoms with Crippen LogP contribution in [0.2, 0.25) is 0 Å². The Morgan fingerprint density at radius 3 is 2.25 bits per heavy atom. The molecule has 0 unspecified atom stereocenters. The summed E-state index contributed by atoms with van der Waals surface area (Å²) in [5, 5.41) is 2.87. The minimum Gasteiger partial charge on any atom is -0.495 e. The van der Waals surface area contributed by atoms with Gasteiger partial charge >= 0.3 is 0 Å². The van der Waals surface area contributed by atoms with Crippen LogP contribution in [0.1, 0.15) is 29.5 Å². The number of benzene rings is 3. The van der Waals surface area contributed by atoms with E-state index >= 15 is 0 Å². The molecule has 0 bridgehead atoms. The van der Waals surface area contributed by atoms with Crippen molar-refractivity contribution in [3.63, 3.8) is 0 Å². The zero-order chi connectivity index (χ0) is 25.5. The van der Waals surface area contributed by atoms with Gasteiger partial charge in [-0.1, -0.05) is 54.1 Å². The lowest BCUT2D eigenvalue weighted by molar-refractivity contribution is -0.119. The number of hydrogen-bond acceptors (Lipinski definition) is 5. The maximum absolute atomic E-state index is 13.6. The second-order valence-electron chi connectivity index (χ2n) is 9.07. The highest BCUT2D eigenvalue weighted by Crippen LogP contribution is 2.32. The maximum atomic E-state index is 13.6. The van der Waals surface area contributed by atoms with E-state index in [0.29, 0.717) is 18.0 Å². The number of para-hydroxylation sites is 2. The van der Waals surface area contributed by atoms with Gasteiger partial charge in [-0.15, -0.1) is 0 Å². The number of nitrogens with one attached hydrogen (secondary N) is 1. The summed E-state index contributed by atoms with van der Waals surface area (Å²) < 4.78 is 33.7. The number of carbonyl (C=O) groups excluding carboxylic acids is 1. The Balaban J connectivity index is 1.48. The normalized spacial score (nSPS) is 13.9. The molecule has 1 N–H and O–H groups in total. The standard InChI is InChI=1S/C28H33N3O4S/c1-22-9-15-25(16-10-22)36(33,34)31(26-7-3-4-8-27(26)35-2)21-28(32)29-19-23-11-13-24(14-12-23)20-30-17-5-6-18-30/h3-4,7-16H,5-6,17-21H2,1-2H3,(H,29,32). The van der Waals surface area contributed by atoms with Crippen molar-refractivity contribution in [2.45, 2.75) is 37.8 Å². The average Bonchev–Trinajstić information content (AvgIpc) is 3.40. The van der Waals surface area contributed by atoms with Crippen LogP contribution in [0, 0.1) is 6.92 Å². The summed E-state index contributed by atoms with van der Waals surface area (Å²) in [6.45, 7) is 5.06. The number of aryl methyl sites for hydroxylation is 1. The largest absolute Gasteiger partial charge is 0.495 e.